The van der Waals surface area contributed by atoms with Crippen molar-refractivity contribution >= 4 is 22.4 Å². The lowest BCUT2D eigenvalue weighted by Gasteiger charge is -1.99. The van der Waals surface area contributed by atoms with E-state index in [4.69, 9.17) is 0 Å². The molecule has 22 heavy (non-hydrogen) atoms. The number of hydrogen-bond donors (Lipinski definition) is 3. The summed E-state index contributed by atoms with van der Waals surface area (Å²) in [6, 6.07) is 10.4. The van der Waals surface area contributed by atoms with E-state index in [2.05, 4.69) is 20.5 Å². The van der Waals surface area contributed by atoms with E-state index >= 15 is 0 Å². The van der Waals surface area contributed by atoms with Gasteiger partial charge < -0.3 is 4.98 Å². The zero-order chi connectivity index (χ0) is 15.5. The molecule has 110 valence electrons. The van der Waals surface area contributed by atoms with Crippen molar-refractivity contribution in [1.29, 1.82) is 0 Å². The summed E-state index contributed by atoms with van der Waals surface area (Å²) in [5.41, 5.74) is -0.675. The van der Waals surface area contributed by atoms with E-state index in [-0.39, 0.29) is 10.8 Å². The van der Waals surface area contributed by atoms with E-state index in [1.807, 2.05) is 35.3 Å². The zero-order valence-corrected chi connectivity index (χ0v) is 11.8. The predicted molar refractivity (Wildman–Crippen MR) is 81.0 cm³/mol. The van der Waals surface area contributed by atoms with Crippen molar-refractivity contribution in [3.63, 3.8) is 0 Å². The van der Waals surface area contributed by atoms with Gasteiger partial charge in [0.05, 0.1) is 0 Å². The molecule has 0 atom stereocenters. The molecule has 2 heterocycles. The summed E-state index contributed by atoms with van der Waals surface area (Å²) < 4.78 is 0. The van der Waals surface area contributed by atoms with E-state index in [0.29, 0.717) is 5.01 Å². The van der Waals surface area contributed by atoms with Crippen LogP contribution in [0.2, 0.25) is 0 Å². The van der Waals surface area contributed by atoms with Crippen LogP contribution >= 0.6 is 11.3 Å². The second kappa shape index (κ2) is 5.74. The zero-order valence-electron chi connectivity index (χ0n) is 11.0. The standard InChI is InChI=1S/C13H9N5O3S/c19-9-6-8(14-12(21)15-9)10(20)16-13-18-17-11(22-13)7-4-2-1-3-5-7/h1-6H,(H,16,18,20)(H2,14,15,19,21). The number of amides is 1. The Morgan fingerprint density at radius 3 is 2.59 bits per heavy atom. The van der Waals surface area contributed by atoms with E-state index < -0.39 is 17.2 Å². The fourth-order valence-corrected chi connectivity index (χ4v) is 2.47. The van der Waals surface area contributed by atoms with Crippen LogP contribution in [-0.2, 0) is 0 Å². The first kappa shape index (κ1) is 13.9. The smallest absolute Gasteiger partial charge is 0.303 e. The highest BCUT2D eigenvalue weighted by atomic mass is 32.1. The third-order valence-electron chi connectivity index (χ3n) is 2.67. The number of benzene rings is 1. The fourth-order valence-electron chi connectivity index (χ4n) is 1.73. The molecule has 0 saturated carbocycles. The van der Waals surface area contributed by atoms with E-state index in [9.17, 15) is 14.4 Å². The molecule has 0 aliphatic rings. The number of H-pyrrole nitrogens is 2. The van der Waals surface area contributed by atoms with Gasteiger partial charge in [0, 0.05) is 11.6 Å². The quantitative estimate of drug-likeness (QED) is 0.661. The monoisotopic (exact) mass is 315 g/mol. The number of carbonyl (C=O) groups excluding carboxylic acids is 1. The van der Waals surface area contributed by atoms with Gasteiger partial charge in [0.1, 0.15) is 10.7 Å². The first-order valence-corrected chi connectivity index (χ1v) is 6.97. The van der Waals surface area contributed by atoms with Crippen LogP contribution < -0.4 is 16.6 Å². The summed E-state index contributed by atoms with van der Waals surface area (Å²) in [6.07, 6.45) is 0. The van der Waals surface area contributed by atoms with Gasteiger partial charge in [-0.2, -0.15) is 0 Å². The molecular formula is C13H9N5O3S. The summed E-state index contributed by atoms with van der Waals surface area (Å²) in [7, 11) is 0. The van der Waals surface area contributed by atoms with Gasteiger partial charge in [-0.25, -0.2) is 4.79 Å². The van der Waals surface area contributed by atoms with Gasteiger partial charge in [0.25, 0.3) is 11.5 Å². The number of nitrogens with zero attached hydrogens (tertiary/aromatic N) is 2. The number of aromatic nitrogens is 4. The molecule has 0 radical (unpaired) electrons. The Labute approximate surface area is 126 Å². The first-order chi connectivity index (χ1) is 10.6. The highest BCUT2D eigenvalue weighted by molar-refractivity contribution is 7.18. The maximum Gasteiger partial charge on any atom is 0.326 e. The molecule has 0 aliphatic heterocycles. The Morgan fingerprint density at radius 2 is 1.86 bits per heavy atom. The average molecular weight is 315 g/mol. The summed E-state index contributed by atoms with van der Waals surface area (Å²) in [5.74, 6) is -0.640. The molecule has 1 aromatic carbocycles. The molecule has 3 aromatic rings. The molecule has 0 saturated heterocycles. The van der Waals surface area contributed by atoms with Crippen LogP contribution in [0.15, 0.2) is 46.0 Å². The minimum absolute atomic E-state index is 0.148. The number of carbonyl (C=O) groups is 1. The molecule has 3 N–H and O–H groups in total. The van der Waals surface area contributed by atoms with Crippen LogP contribution in [-0.4, -0.2) is 26.1 Å². The van der Waals surface area contributed by atoms with E-state index in [1.165, 1.54) is 11.3 Å². The Kier molecular flexibility index (Phi) is 3.62. The number of aromatic amines is 2. The van der Waals surface area contributed by atoms with Gasteiger partial charge in [-0.15, -0.1) is 10.2 Å². The molecule has 0 spiro atoms. The molecular weight excluding hydrogens is 306 g/mol. The molecule has 0 aliphatic carbocycles. The number of nitrogens with one attached hydrogen (secondary N) is 3. The van der Waals surface area contributed by atoms with Gasteiger partial charge in [-0.05, 0) is 0 Å². The van der Waals surface area contributed by atoms with Crippen LogP contribution in [0.5, 0.6) is 0 Å². The summed E-state index contributed by atoms with van der Waals surface area (Å²) in [4.78, 5) is 38.5. The molecule has 0 unspecified atom stereocenters. The van der Waals surface area contributed by atoms with Crippen molar-refractivity contribution in [3.05, 3.63) is 62.9 Å². The van der Waals surface area contributed by atoms with Crippen molar-refractivity contribution in [2.75, 3.05) is 5.32 Å². The lowest BCUT2D eigenvalue weighted by atomic mass is 10.2. The van der Waals surface area contributed by atoms with Gasteiger partial charge in [-0.1, -0.05) is 41.7 Å². The minimum Gasteiger partial charge on any atom is -0.303 e. The van der Waals surface area contributed by atoms with Crippen LogP contribution in [0, 0.1) is 0 Å². The summed E-state index contributed by atoms with van der Waals surface area (Å²) in [6.45, 7) is 0. The normalized spacial score (nSPS) is 10.4. The lowest BCUT2D eigenvalue weighted by molar-refractivity contribution is 0.102. The largest absolute Gasteiger partial charge is 0.326 e. The molecule has 2 aromatic heterocycles. The highest BCUT2D eigenvalue weighted by Gasteiger charge is 2.12. The highest BCUT2D eigenvalue weighted by Crippen LogP contribution is 2.25. The lowest BCUT2D eigenvalue weighted by Crippen LogP contribution is -2.27. The SMILES string of the molecule is O=C(Nc1nnc(-c2ccccc2)s1)c1cc(=O)[nH]c(=O)[nH]1. The Balaban J connectivity index is 1.82. The summed E-state index contributed by atoms with van der Waals surface area (Å²) in [5, 5.41) is 11.2. The third kappa shape index (κ3) is 2.99. The van der Waals surface area contributed by atoms with Crippen molar-refractivity contribution in [3.8, 4) is 10.6 Å². The predicted octanol–water partition coefficient (Wildman–Crippen LogP) is 0.834. The van der Waals surface area contributed by atoms with Crippen molar-refractivity contribution in [1.82, 2.24) is 20.2 Å². The Bertz CT molecular complexity index is 900. The molecule has 1 amide bonds. The topological polar surface area (TPSA) is 121 Å². The fraction of sp³-hybridized carbons (Fsp3) is 0. The number of anilines is 1. The molecule has 9 heteroatoms. The van der Waals surface area contributed by atoms with Crippen LogP contribution in [0.3, 0.4) is 0 Å². The molecule has 8 nitrogen and oxygen atoms in total. The molecule has 0 bridgehead atoms. The second-order valence-corrected chi connectivity index (χ2v) is 5.21. The Morgan fingerprint density at radius 1 is 1.09 bits per heavy atom. The maximum atomic E-state index is 12.0. The minimum atomic E-state index is -0.750. The Hall–Kier alpha value is -3.07. The maximum absolute atomic E-state index is 12.0. The number of hydrogen-bond acceptors (Lipinski definition) is 6. The van der Waals surface area contributed by atoms with Gasteiger partial charge in [-0.3, -0.25) is 19.9 Å². The van der Waals surface area contributed by atoms with Crippen LogP contribution in [0.4, 0.5) is 5.13 Å². The molecule has 3 rings (SSSR count). The summed E-state index contributed by atoms with van der Waals surface area (Å²) >= 11 is 1.19. The number of rotatable bonds is 3. The third-order valence-corrected chi connectivity index (χ3v) is 3.56. The first-order valence-electron chi connectivity index (χ1n) is 6.16. The van der Waals surface area contributed by atoms with Crippen molar-refractivity contribution < 1.29 is 4.79 Å². The van der Waals surface area contributed by atoms with Gasteiger partial charge in [0.2, 0.25) is 5.13 Å². The second-order valence-electron chi connectivity index (χ2n) is 4.23. The average Bonchev–Trinajstić information content (AvgIpc) is 2.95. The van der Waals surface area contributed by atoms with Crippen molar-refractivity contribution in [2.24, 2.45) is 0 Å². The van der Waals surface area contributed by atoms with E-state index in [0.717, 1.165) is 11.6 Å². The van der Waals surface area contributed by atoms with Crippen LogP contribution in [0.25, 0.3) is 10.6 Å². The molecule has 0 fully saturated rings. The van der Waals surface area contributed by atoms with E-state index in [1.54, 1.807) is 0 Å². The van der Waals surface area contributed by atoms with Crippen molar-refractivity contribution in [2.45, 2.75) is 0 Å². The van der Waals surface area contributed by atoms with Crippen LogP contribution in [0.1, 0.15) is 10.5 Å². The van der Waals surface area contributed by atoms with Gasteiger partial charge >= 0.3 is 5.69 Å². The van der Waals surface area contributed by atoms with Gasteiger partial charge in [0.15, 0.2) is 0 Å².